The Kier molecular flexibility index (Phi) is 4.95. The quantitative estimate of drug-likeness (QED) is 0.761. The van der Waals surface area contributed by atoms with Crippen LogP contribution >= 0.6 is 0 Å². The first kappa shape index (κ1) is 14.5. The average Bonchev–Trinajstić information content (AvgIpc) is 2.83. The molecule has 1 saturated heterocycles. The van der Waals surface area contributed by atoms with E-state index in [9.17, 15) is 8.42 Å². The normalized spacial score (nSPS) is 17.7. The maximum atomic E-state index is 12.0. The molecular formula is C12H22N4O2S. The van der Waals surface area contributed by atoms with Crippen molar-refractivity contribution in [2.24, 2.45) is 0 Å². The second-order valence-electron chi connectivity index (χ2n) is 5.01. The van der Waals surface area contributed by atoms with Gasteiger partial charge in [0, 0.05) is 6.54 Å². The Balaban J connectivity index is 1.74. The second-order valence-corrected chi connectivity index (χ2v) is 6.75. The number of nitrogens with one attached hydrogen (secondary N) is 2. The van der Waals surface area contributed by atoms with Gasteiger partial charge in [0.2, 0.25) is 10.0 Å². The Hall–Kier alpha value is -0.920. The van der Waals surface area contributed by atoms with Crippen LogP contribution in [0.4, 0.5) is 0 Å². The van der Waals surface area contributed by atoms with Gasteiger partial charge in [-0.05, 0) is 45.8 Å². The summed E-state index contributed by atoms with van der Waals surface area (Å²) in [7, 11) is -3.41. The Morgan fingerprint density at radius 2 is 2.11 bits per heavy atom. The summed E-state index contributed by atoms with van der Waals surface area (Å²) in [5, 5.41) is 6.38. The fourth-order valence-electron chi connectivity index (χ4n) is 2.38. The summed E-state index contributed by atoms with van der Waals surface area (Å²) >= 11 is 0. The number of nitrogens with zero attached hydrogens (tertiary/aromatic N) is 2. The SMILES string of the molecule is Cc1[nH]ncc1S(=O)(=O)NCCCN1CCCCC1. The number of H-pyrrole nitrogens is 1. The lowest BCUT2D eigenvalue weighted by molar-refractivity contribution is 0.227. The molecule has 1 aromatic heterocycles. The molecule has 7 heteroatoms. The number of sulfonamides is 1. The van der Waals surface area contributed by atoms with E-state index >= 15 is 0 Å². The number of likely N-dealkylation sites (tertiary alicyclic amines) is 1. The number of rotatable bonds is 6. The third kappa shape index (κ3) is 4.02. The highest BCUT2D eigenvalue weighted by Gasteiger charge is 2.18. The summed E-state index contributed by atoms with van der Waals surface area (Å²) in [5.41, 5.74) is 0.573. The number of hydrogen-bond donors (Lipinski definition) is 2. The molecule has 2 heterocycles. The summed E-state index contributed by atoms with van der Waals surface area (Å²) in [6, 6.07) is 0. The molecule has 19 heavy (non-hydrogen) atoms. The lowest BCUT2D eigenvalue weighted by atomic mass is 10.1. The highest BCUT2D eigenvalue weighted by Crippen LogP contribution is 2.11. The number of aromatic amines is 1. The summed E-state index contributed by atoms with van der Waals surface area (Å²) < 4.78 is 26.6. The highest BCUT2D eigenvalue weighted by molar-refractivity contribution is 7.89. The molecule has 1 fully saturated rings. The van der Waals surface area contributed by atoms with Crippen molar-refractivity contribution in [3.63, 3.8) is 0 Å². The van der Waals surface area contributed by atoms with Crippen molar-refractivity contribution in [3.05, 3.63) is 11.9 Å². The van der Waals surface area contributed by atoms with Crippen LogP contribution in [0.2, 0.25) is 0 Å². The van der Waals surface area contributed by atoms with Crippen molar-refractivity contribution >= 4 is 10.0 Å². The van der Waals surface area contributed by atoms with Gasteiger partial charge in [0.15, 0.2) is 0 Å². The van der Waals surface area contributed by atoms with Gasteiger partial charge >= 0.3 is 0 Å². The topological polar surface area (TPSA) is 78.1 Å². The Labute approximate surface area is 114 Å². The van der Waals surface area contributed by atoms with Crippen LogP contribution in [0.25, 0.3) is 0 Å². The fourth-order valence-corrected chi connectivity index (χ4v) is 3.59. The van der Waals surface area contributed by atoms with E-state index in [2.05, 4.69) is 19.8 Å². The minimum atomic E-state index is -3.41. The molecule has 0 bridgehead atoms. The van der Waals surface area contributed by atoms with Crippen LogP contribution in [0, 0.1) is 6.92 Å². The van der Waals surface area contributed by atoms with Crippen LogP contribution in [-0.2, 0) is 10.0 Å². The van der Waals surface area contributed by atoms with Crippen LogP contribution in [0.1, 0.15) is 31.4 Å². The molecule has 1 aromatic rings. The molecule has 0 atom stereocenters. The molecule has 2 N–H and O–H groups in total. The van der Waals surface area contributed by atoms with Gasteiger partial charge in [0.25, 0.3) is 0 Å². The molecule has 2 rings (SSSR count). The maximum Gasteiger partial charge on any atom is 0.243 e. The summed E-state index contributed by atoms with van der Waals surface area (Å²) in [5.74, 6) is 0. The van der Waals surface area contributed by atoms with Crippen LogP contribution in [0.5, 0.6) is 0 Å². The first-order valence-electron chi connectivity index (χ1n) is 6.81. The largest absolute Gasteiger partial charge is 0.303 e. The molecule has 0 aromatic carbocycles. The summed E-state index contributed by atoms with van der Waals surface area (Å²) in [6.45, 7) is 5.44. The van der Waals surface area contributed by atoms with Gasteiger partial charge in [-0.25, -0.2) is 13.1 Å². The van der Waals surface area contributed by atoms with Crippen LogP contribution in [0.15, 0.2) is 11.1 Å². The van der Waals surface area contributed by atoms with Crippen molar-refractivity contribution < 1.29 is 8.42 Å². The van der Waals surface area contributed by atoms with Crippen LogP contribution in [-0.4, -0.2) is 49.7 Å². The summed E-state index contributed by atoms with van der Waals surface area (Å²) in [6.07, 6.45) is 6.04. The third-order valence-corrected chi connectivity index (χ3v) is 5.04. The molecule has 0 unspecified atom stereocenters. The number of aryl methyl sites for hydroxylation is 1. The van der Waals surface area contributed by atoms with Crippen molar-refractivity contribution in [3.8, 4) is 0 Å². The number of aromatic nitrogens is 2. The van der Waals surface area contributed by atoms with E-state index in [4.69, 9.17) is 0 Å². The van der Waals surface area contributed by atoms with Gasteiger partial charge in [-0.2, -0.15) is 5.10 Å². The van der Waals surface area contributed by atoms with E-state index in [1.54, 1.807) is 6.92 Å². The minimum Gasteiger partial charge on any atom is -0.303 e. The molecule has 0 spiro atoms. The first-order chi connectivity index (χ1) is 9.09. The zero-order valence-corrected chi connectivity index (χ0v) is 12.2. The smallest absolute Gasteiger partial charge is 0.243 e. The van der Waals surface area contributed by atoms with Crippen molar-refractivity contribution in [2.45, 2.75) is 37.5 Å². The lowest BCUT2D eigenvalue weighted by Gasteiger charge is -2.26. The Morgan fingerprint density at radius 1 is 1.37 bits per heavy atom. The molecule has 0 radical (unpaired) electrons. The second kappa shape index (κ2) is 6.49. The van der Waals surface area contributed by atoms with E-state index in [1.165, 1.54) is 25.5 Å². The molecule has 0 saturated carbocycles. The molecule has 108 valence electrons. The zero-order valence-electron chi connectivity index (χ0n) is 11.4. The van der Waals surface area contributed by atoms with Gasteiger partial charge < -0.3 is 4.90 Å². The third-order valence-electron chi connectivity index (χ3n) is 3.47. The summed E-state index contributed by atoms with van der Waals surface area (Å²) in [4.78, 5) is 2.64. The van der Waals surface area contributed by atoms with Gasteiger partial charge in [-0.15, -0.1) is 0 Å². The van der Waals surface area contributed by atoms with Gasteiger partial charge in [0.1, 0.15) is 4.90 Å². The highest BCUT2D eigenvalue weighted by atomic mass is 32.2. The molecule has 0 aliphatic carbocycles. The molecule has 0 amide bonds. The van der Waals surface area contributed by atoms with Crippen molar-refractivity contribution in [1.29, 1.82) is 0 Å². The maximum absolute atomic E-state index is 12.0. The Morgan fingerprint density at radius 3 is 2.74 bits per heavy atom. The minimum absolute atomic E-state index is 0.241. The van der Waals surface area contributed by atoms with Crippen LogP contribution < -0.4 is 4.72 Å². The van der Waals surface area contributed by atoms with Crippen molar-refractivity contribution in [1.82, 2.24) is 19.8 Å². The monoisotopic (exact) mass is 286 g/mol. The molecular weight excluding hydrogens is 264 g/mol. The predicted octanol–water partition coefficient (Wildman–Crippen LogP) is 0.872. The van der Waals surface area contributed by atoms with Gasteiger partial charge in [0.05, 0.1) is 11.9 Å². The fraction of sp³-hybridized carbons (Fsp3) is 0.750. The van der Waals surface area contributed by atoms with E-state index in [0.29, 0.717) is 12.2 Å². The van der Waals surface area contributed by atoms with E-state index in [0.717, 1.165) is 26.1 Å². The van der Waals surface area contributed by atoms with Gasteiger partial charge in [-0.3, -0.25) is 5.10 Å². The van der Waals surface area contributed by atoms with E-state index in [1.807, 2.05) is 0 Å². The number of hydrogen-bond acceptors (Lipinski definition) is 4. The van der Waals surface area contributed by atoms with E-state index < -0.39 is 10.0 Å². The molecule has 1 aliphatic heterocycles. The van der Waals surface area contributed by atoms with E-state index in [-0.39, 0.29) is 4.90 Å². The van der Waals surface area contributed by atoms with Gasteiger partial charge in [-0.1, -0.05) is 6.42 Å². The standard InChI is InChI=1S/C12H22N4O2S/c1-11-12(10-13-15-11)19(17,18)14-6-5-9-16-7-3-2-4-8-16/h10,14H,2-9H2,1H3,(H,13,15). The molecule has 6 nitrogen and oxygen atoms in total. The average molecular weight is 286 g/mol. The zero-order chi connectivity index (χ0) is 13.7. The number of piperidine rings is 1. The first-order valence-corrected chi connectivity index (χ1v) is 8.30. The van der Waals surface area contributed by atoms with Crippen molar-refractivity contribution in [2.75, 3.05) is 26.2 Å². The predicted molar refractivity (Wildman–Crippen MR) is 73.4 cm³/mol. The molecule has 1 aliphatic rings. The van der Waals surface area contributed by atoms with Crippen LogP contribution in [0.3, 0.4) is 0 Å². The Bertz CT molecular complexity index is 492. The lowest BCUT2D eigenvalue weighted by Crippen LogP contribution is -2.33.